The van der Waals surface area contributed by atoms with Crippen LogP contribution in [0.15, 0.2) is 54.6 Å². The molecule has 2 aliphatic rings. The Balaban J connectivity index is 0.00000442. The van der Waals surface area contributed by atoms with E-state index < -0.39 is 42.3 Å². The van der Waals surface area contributed by atoms with Gasteiger partial charge in [-0.1, -0.05) is 25.1 Å². The molecule has 44 heavy (non-hydrogen) atoms. The number of hydrogen-bond donors (Lipinski definition) is 0. The number of fused-ring (bicyclic) bond motifs is 2. The molecular formula is C32H31NaO11. The molecule has 0 aromatic heterocycles. The molecule has 0 unspecified atom stereocenters. The number of benzene rings is 3. The van der Waals surface area contributed by atoms with Crippen molar-refractivity contribution in [2.45, 2.75) is 32.1 Å². The summed E-state index contributed by atoms with van der Waals surface area (Å²) >= 11 is 0. The fourth-order valence-electron chi connectivity index (χ4n) is 5.56. The van der Waals surface area contributed by atoms with E-state index in [-0.39, 0.29) is 48.9 Å². The number of rotatable bonds is 12. The number of hydrogen-bond acceptors (Lipinski definition) is 11. The minimum absolute atomic E-state index is 0. The van der Waals surface area contributed by atoms with Gasteiger partial charge in [0.2, 0.25) is 6.79 Å². The molecule has 0 radical (unpaired) electrons. The fourth-order valence-corrected chi connectivity index (χ4v) is 5.56. The maximum atomic E-state index is 13.0. The first-order chi connectivity index (χ1) is 20.8. The molecule has 1 aliphatic heterocycles. The Morgan fingerprint density at radius 3 is 2.36 bits per heavy atom. The van der Waals surface area contributed by atoms with E-state index in [4.69, 9.17) is 28.4 Å². The third-order valence-electron chi connectivity index (χ3n) is 7.28. The summed E-state index contributed by atoms with van der Waals surface area (Å²) in [5.41, 5.74) is 2.81. The van der Waals surface area contributed by atoms with Gasteiger partial charge in [-0.2, -0.15) is 0 Å². The molecule has 0 bridgehead atoms. The molecule has 1 aliphatic carbocycles. The van der Waals surface area contributed by atoms with Gasteiger partial charge in [-0.25, -0.2) is 4.79 Å². The predicted octanol–water partition coefficient (Wildman–Crippen LogP) is 0.303. The van der Waals surface area contributed by atoms with Gasteiger partial charge in [0.25, 0.3) is 0 Å². The van der Waals surface area contributed by atoms with Crippen LogP contribution in [0.25, 0.3) is 0 Å². The van der Waals surface area contributed by atoms with E-state index in [0.29, 0.717) is 35.2 Å². The van der Waals surface area contributed by atoms with E-state index in [9.17, 15) is 19.5 Å². The zero-order valence-electron chi connectivity index (χ0n) is 25.0. The number of aliphatic carboxylic acids is 1. The van der Waals surface area contributed by atoms with Gasteiger partial charge in [0.05, 0.1) is 13.7 Å². The zero-order chi connectivity index (χ0) is 30.5. The number of carboxylic acid groups (broad SMARTS) is 1. The first-order valence-corrected chi connectivity index (χ1v) is 13.8. The molecule has 1 heterocycles. The Morgan fingerprint density at radius 2 is 1.64 bits per heavy atom. The van der Waals surface area contributed by atoms with E-state index in [0.717, 1.165) is 30.0 Å². The van der Waals surface area contributed by atoms with Crippen LogP contribution in [0.1, 0.15) is 54.4 Å². The van der Waals surface area contributed by atoms with E-state index in [2.05, 4.69) is 4.74 Å². The topological polar surface area (TPSA) is 139 Å². The van der Waals surface area contributed by atoms with Crippen molar-refractivity contribution in [3.8, 4) is 28.7 Å². The summed E-state index contributed by atoms with van der Waals surface area (Å²) < 4.78 is 38.0. The zero-order valence-corrected chi connectivity index (χ0v) is 27.0. The molecule has 0 N–H and O–H groups in total. The first-order valence-electron chi connectivity index (χ1n) is 13.8. The molecule has 226 valence electrons. The van der Waals surface area contributed by atoms with Gasteiger partial charge in [0, 0.05) is 42.3 Å². The summed E-state index contributed by atoms with van der Waals surface area (Å²) in [7, 11) is 1.49. The minimum atomic E-state index is -1.25. The normalized spacial score (nSPS) is 17.7. The van der Waals surface area contributed by atoms with E-state index in [1.165, 1.54) is 7.11 Å². The SMILES string of the molecule is CCCOc1ccc2c(c1)[C@@H](c1ccc(OC)cc1OCOCC(=O)OC(C)=O)[C@H](C(=O)[O-])[C@H]2c1ccc2c(c1)OCO2.[Na+]. The summed E-state index contributed by atoms with van der Waals surface area (Å²) in [5.74, 6) is -2.73. The molecule has 0 saturated carbocycles. The molecule has 12 heteroatoms. The molecule has 3 aromatic rings. The standard InChI is InChI=1S/C32H32O11.Na/c1-4-11-39-21-7-8-22-24(13-21)30(31(32(35)36)29(22)19-5-10-25-27(12-19)42-17-41-25)23-9-6-20(37-3)14-26(23)40-16-38-15-28(34)43-18(2)33;/h5-10,12-14,29-31H,4,11,15-17H2,1-3H3,(H,35,36);/q;+1/p-1/t29-,30+,31+;/m0./s1. The summed E-state index contributed by atoms with van der Waals surface area (Å²) in [6, 6.07) is 16.1. The Hall–Kier alpha value is -3.77. The van der Waals surface area contributed by atoms with Gasteiger partial charge >= 0.3 is 41.5 Å². The van der Waals surface area contributed by atoms with Crippen LogP contribution in [-0.2, 0) is 23.9 Å². The third-order valence-corrected chi connectivity index (χ3v) is 7.28. The Labute approximate surface area is 276 Å². The summed E-state index contributed by atoms with van der Waals surface area (Å²) in [4.78, 5) is 35.7. The van der Waals surface area contributed by atoms with Gasteiger partial charge in [0.15, 0.2) is 18.3 Å². The Bertz CT molecular complexity index is 1520. The molecule has 0 amide bonds. The second-order valence-corrected chi connectivity index (χ2v) is 10.0. The molecule has 5 rings (SSSR count). The van der Waals surface area contributed by atoms with Gasteiger partial charge < -0.3 is 43.1 Å². The molecule has 11 nitrogen and oxygen atoms in total. The van der Waals surface area contributed by atoms with Crippen LogP contribution in [-0.4, -0.2) is 51.8 Å². The van der Waals surface area contributed by atoms with E-state index >= 15 is 0 Å². The Kier molecular flexibility index (Phi) is 11.1. The molecule has 0 fully saturated rings. The van der Waals surface area contributed by atoms with Crippen LogP contribution >= 0.6 is 0 Å². The van der Waals surface area contributed by atoms with E-state index in [1.807, 2.05) is 31.2 Å². The minimum Gasteiger partial charge on any atom is -0.550 e. The maximum absolute atomic E-state index is 13.0. The average molecular weight is 615 g/mol. The van der Waals surface area contributed by atoms with Crippen LogP contribution in [0.4, 0.5) is 0 Å². The largest absolute Gasteiger partial charge is 1.00 e. The summed E-state index contributed by atoms with van der Waals surface area (Å²) in [5, 5.41) is 13.0. The summed E-state index contributed by atoms with van der Waals surface area (Å²) in [6.45, 7) is 2.80. The van der Waals surface area contributed by atoms with Crippen molar-refractivity contribution < 1.29 is 82.2 Å². The third kappa shape index (κ3) is 7.13. The van der Waals surface area contributed by atoms with Crippen molar-refractivity contribution >= 4 is 17.9 Å². The predicted molar refractivity (Wildman–Crippen MR) is 148 cm³/mol. The van der Waals surface area contributed by atoms with Crippen molar-refractivity contribution in [1.82, 2.24) is 0 Å². The van der Waals surface area contributed by atoms with Crippen LogP contribution < -0.4 is 58.3 Å². The van der Waals surface area contributed by atoms with Gasteiger partial charge in [-0.3, -0.25) is 4.79 Å². The number of carbonyl (C=O) groups excluding carboxylic acids is 3. The molecule has 3 aromatic carbocycles. The smallest absolute Gasteiger partial charge is 0.550 e. The molecular weight excluding hydrogens is 583 g/mol. The molecule has 3 atom stereocenters. The number of ether oxygens (including phenoxy) is 7. The number of carboxylic acids is 1. The average Bonchev–Trinajstić information content (AvgIpc) is 3.59. The van der Waals surface area contributed by atoms with Crippen molar-refractivity contribution in [3.63, 3.8) is 0 Å². The van der Waals surface area contributed by atoms with Crippen LogP contribution in [0.5, 0.6) is 28.7 Å². The van der Waals surface area contributed by atoms with Crippen LogP contribution in [0.2, 0.25) is 0 Å². The Morgan fingerprint density at radius 1 is 0.886 bits per heavy atom. The maximum Gasteiger partial charge on any atom is 1.00 e. The second-order valence-electron chi connectivity index (χ2n) is 10.0. The van der Waals surface area contributed by atoms with Crippen molar-refractivity contribution in [1.29, 1.82) is 0 Å². The monoisotopic (exact) mass is 614 g/mol. The molecule has 0 saturated heterocycles. The molecule has 0 spiro atoms. The quantitative estimate of drug-likeness (QED) is 0.0916. The fraction of sp³-hybridized carbons (Fsp3) is 0.344. The van der Waals surface area contributed by atoms with Gasteiger partial charge in [-0.15, -0.1) is 0 Å². The number of methoxy groups -OCH3 is 1. The second kappa shape index (κ2) is 14.8. The van der Waals surface area contributed by atoms with Crippen LogP contribution in [0, 0.1) is 5.92 Å². The summed E-state index contributed by atoms with van der Waals surface area (Å²) in [6.07, 6.45) is 0.804. The van der Waals surface area contributed by atoms with Crippen molar-refractivity contribution in [3.05, 3.63) is 76.9 Å². The van der Waals surface area contributed by atoms with Gasteiger partial charge in [0.1, 0.15) is 23.9 Å². The first kappa shape index (κ1) is 33.1. The van der Waals surface area contributed by atoms with E-state index in [1.54, 1.807) is 30.3 Å². The van der Waals surface area contributed by atoms with Crippen molar-refractivity contribution in [2.24, 2.45) is 5.92 Å². The van der Waals surface area contributed by atoms with Gasteiger partial charge in [-0.05, 0) is 53.4 Å². The van der Waals surface area contributed by atoms with Crippen molar-refractivity contribution in [2.75, 3.05) is 33.9 Å². The number of esters is 2. The number of carbonyl (C=O) groups is 3. The van der Waals surface area contributed by atoms with Crippen LogP contribution in [0.3, 0.4) is 0 Å².